The van der Waals surface area contributed by atoms with E-state index in [2.05, 4.69) is 57.8 Å². The summed E-state index contributed by atoms with van der Waals surface area (Å²) in [5, 5.41) is 0.542. The molecule has 0 aliphatic rings. The van der Waals surface area contributed by atoms with Gasteiger partial charge in [0.1, 0.15) is 0 Å². The molecule has 0 aromatic heterocycles. The van der Waals surface area contributed by atoms with E-state index in [9.17, 15) is 13.2 Å². The molecule has 0 fully saturated rings. The van der Waals surface area contributed by atoms with Crippen LogP contribution in [0.2, 0.25) is 0 Å². The Bertz CT molecular complexity index is 685. The average Bonchev–Trinajstić information content (AvgIpc) is 2.56. The number of hydrogen-bond acceptors (Lipinski definition) is 0. The van der Waals surface area contributed by atoms with Gasteiger partial charge in [-0.1, -0.05) is 72.8 Å². The Labute approximate surface area is 136 Å². The van der Waals surface area contributed by atoms with E-state index in [4.69, 9.17) is 0 Å². The van der Waals surface area contributed by atoms with Gasteiger partial charge in [-0.15, -0.1) is 9.24 Å². The van der Waals surface area contributed by atoms with Gasteiger partial charge in [-0.3, -0.25) is 0 Å². The molecule has 0 spiro atoms. The fourth-order valence-electron chi connectivity index (χ4n) is 1.98. The second kappa shape index (κ2) is 7.94. The maximum Gasteiger partial charge on any atom is 0.416 e. The van der Waals surface area contributed by atoms with E-state index in [0.29, 0.717) is 5.30 Å². The van der Waals surface area contributed by atoms with Gasteiger partial charge in [0, 0.05) is 0 Å². The van der Waals surface area contributed by atoms with Crippen molar-refractivity contribution in [2.75, 3.05) is 0 Å². The molecular weight excluding hydrogens is 316 g/mol. The lowest BCUT2D eigenvalue weighted by Gasteiger charge is -2.05. The molecule has 0 aliphatic heterocycles. The SMILES string of the molecule is FC(F)(F)c1cccc(P)c1.c1ccc(-c2ccccc2)cc1. The Morgan fingerprint density at radius 2 is 1.09 bits per heavy atom. The van der Waals surface area contributed by atoms with Crippen molar-refractivity contribution in [3.8, 4) is 11.1 Å². The fraction of sp³-hybridized carbons (Fsp3) is 0.0526. The van der Waals surface area contributed by atoms with Gasteiger partial charge in [-0.25, -0.2) is 0 Å². The van der Waals surface area contributed by atoms with Gasteiger partial charge in [0.25, 0.3) is 0 Å². The van der Waals surface area contributed by atoms with Gasteiger partial charge in [0.2, 0.25) is 0 Å². The van der Waals surface area contributed by atoms with Gasteiger partial charge < -0.3 is 0 Å². The summed E-state index contributed by atoms with van der Waals surface area (Å²) in [6, 6.07) is 25.9. The molecule has 1 atom stereocenters. The first-order valence-corrected chi connectivity index (χ1v) is 7.58. The molecule has 0 N–H and O–H groups in total. The second-order valence-electron chi connectivity index (χ2n) is 4.86. The van der Waals surface area contributed by atoms with E-state index in [0.717, 1.165) is 12.1 Å². The average molecular weight is 332 g/mol. The number of halogens is 3. The van der Waals surface area contributed by atoms with E-state index in [1.54, 1.807) is 6.07 Å². The largest absolute Gasteiger partial charge is 0.416 e. The second-order valence-corrected chi connectivity index (χ2v) is 5.52. The lowest BCUT2D eigenvalue weighted by molar-refractivity contribution is -0.137. The van der Waals surface area contributed by atoms with Crippen molar-refractivity contribution < 1.29 is 13.2 Å². The number of hydrogen-bond donors (Lipinski definition) is 0. The van der Waals surface area contributed by atoms with Crippen LogP contribution in [0, 0.1) is 0 Å². The van der Waals surface area contributed by atoms with Crippen molar-refractivity contribution in [1.29, 1.82) is 0 Å². The minimum absolute atomic E-state index is 0.542. The van der Waals surface area contributed by atoms with Crippen LogP contribution in [0.1, 0.15) is 5.56 Å². The molecule has 1 unspecified atom stereocenters. The van der Waals surface area contributed by atoms with Crippen LogP contribution in [0.3, 0.4) is 0 Å². The van der Waals surface area contributed by atoms with Gasteiger partial charge in [-0.05, 0) is 28.6 Å². The fourth-order valence-corrected chi connectivity index (χ4v) is 2.27. The standard InChI is InChI=1S/C12H10.C7H6F3P/c1-3-7-11(8-4-1)12-9-5-2-6-10-12;8-7(9,10)5-2-1-3-6(11)4-5/h1-10H;1-4H,11H2. The van der Waals surface area contributed by atoms with Crippen LogP contribution in [-0.4, -0.2) is 0 Å². The molecule has 23 heavy (non-hydrogen) atoms. The first-order chi connectivity index (χ1) is 11.0. The highest BCUT2D eigenvalue weighted by Crippen LogP contribution is 2.28. The molecule has 0 saturated carbocycles. The smallest absolute Gasteiger partial charge is 0.166 e. The zero-order valence-electron chi connectivity index (χ0n) is 12.3. The summed E-state index contributed by atoms with van der Waals surface area (Å²) in [5.41, 5.74) is 1.95. The van der Waals surface area contributed by atoms with Crippen LogP contribution in [0.25, 0.3) is 11.1 Å². The van der Waals surface area contributed by atoms with Crippen LogP contribution in [0.4, 0.5) is 13.2 Å². The molecule has 0 saturated heterocycles. The maximum absolute atomic E-state index is 12.0. The summed E-state index contributed by atoms with van der Waals surface area (Å²) in [7, 11) is 2.22. The minimum atomic E-state index is -4.23. The van der Waals surface area contributed by atoms with Crippen LogP contribution in [-0.2, 0) is 6.18 Å². The third kappa shape index (κ3) is 5.54. The Balaban J connectivity index is 0.000000168. The highest BCUT2D eigenvalue weighted by atomic mass is 31.0. The molecule has 0 bridgehead atoms. The number of rotatable bonds is 1. The zero-order valence-corrected chi connectivity index (χ0v) is 13.4. The van der Waals surface area contributed by atoms with E-state index in [1.807, 2.05) is 12.1 Å². The minimum Gasteiger partial charge on any atom is -0.166 e. The first-order valence-electron chi connectivity index (χ1n) is 7.00. The predicted octanol–water partition coefficient (Wildman–Crippen LogP) is 5.56. The summed E-state index contributed by atoms with van der Waals surface area (Å²) in [4.78, 5) is 0. The maximum atomic E-state index is 12.0. The monoisotopic (exact) mass is 332 g/mol. The Morgan fingerprint density at radius 1 is 0.609 bits per heavy atom. The lowest BCUT2D eigenvalue weighted by atomic mass is 10.1. The highest BCUT2D eigenvalue weighted by molar-refractivity contribution is 7.27. The van der Waals surface area contributed by atoms with Crippen molar-refractivity contribution in [1.82, 2.24) is 0 Å². The number of benzene rings is 3. The summed E-state index contributed by atoms with van der Waals surface area (Å²) < 4.78 is 35.9. The summed E-state index contributed by atoms with van der Waals surface area (Å²) in [6.07, 6.45) is -4.23. The Hall–Kier alpha value is -2.12. The van der Waals surface area contributed by atoms with Crippen molar-refractivity contribution in [3.63, 3.8) is 0 Å². The van der Waals surface area contributed by atoms with Crippen LogP contribution in [0.5, 0.6) is 0 Å². The predicted molar refractivity (Wildman–Crippen MR) is 92.7 cm³/mol. The molecule has 3 aromatic rings. The van der Waals surface area contributed by atoms with Gasteiger partial charge >= 0.3 is 6.18 Å². The molecule has 118 valence electrons. The lowest BCUT2D eigenvalue weighted by Crippen LogP contribution is -2.07. The molecular formula is C19H16F3P. The van der Waals surface area contributed by atoms with Crippen molar-refractivity contribution >= 4 is 14.5 Å². The summed E-state index contributed by atoms with van der Waals surface area (Å²) >= 11 is 0. The molecule has 0 aliphatic carbocycles. The molecule has 0 heterocycles. The Morgan fingerprint density at radius 3 is 1.43 bits per heavy atom. The third-order valence-electron chi connectivity index (χ3n) is 3.09. The van der Waals surface area contributed by atoms with Crippen LogP contribution >= 0.6 is 9.24 Å². The van der Waals surface area contributed by atoms with E-state index in [1.165, 1.54) is 17.2 Å². The molecule has 3 aromatic carbocycles. The van der Waals surface area contributed by atoms with Crippen molar-refractivity contribution in [2.24, 2.45) is 0 Å². The van der Waals surface area contributed by atoms with Gasteiger partial charge in [0.05, 0.1) is 5.56 Å². The van der Waals surface area contributed by atoms with Gasteiger partial charge in [0.15, 0.2) is 0 Å². The molecule has 0 amide bonds. The quantitative estimate of drug-likeness (QED) is 0.512. The van der Waals surface area contributed by atoms with E-state index < -0.39 is 11.7 Å². The van der Waals surface area contributed by atoms with Crippen LogP contribution < -0.4 is 5.30 Å². The van der Waals surface area contributed by atoms with E-state index >= 15 is 0 Å². The topological polar surface area (TPSA) is 0 Å². The molecule has 0 radical (unpaired) electrons. The normalized spacial score (nSPS) is 10.6. The van der Waals surface area contributed by atoms with Gasteiger partial charge in [-0.2, -0.15) is 13.2 Å². The van der Waals surface area contributed by atoms with Crippen LogP contribution in [0.15, 0.2) is 84.9 Å². The van der Waals surface area contributed by atoms with Crippen molar-refractivity contribution in [3.05, 3.63) is 90.5 Å². The van der Waals surface area contributed by atoms with E-state index in [-0.39, 0.29) is 0 Å². The summed E-state index contributed by atoms with van der Waals surface area (Å²) in [6.45, 7) is 0. The first kappa shape index (κ1) is 17.2. The zero-order chi connectivity index (χ0) is 16.7. The number of alkyl halides is 3. The highest BCUT2D eigenvalue weighted by Gasteiger charge is 2.29. The molecule has 3 rings (SSSR count). The molecule has 0 nitrogen and oxygen atoms in total. The Kier molecular flexibility index (Phi) is 5.95. The molecule has 4 heteroatoms. The van der Waals surface area contributed by atoms with Crippen molar-refractivity contribution in [2.45, 2.75) is 6.18 Å². The summed E-state index contributed by atoms with van der Waals surface area (Å²) in [5.74, 6) is 0. The third-order valence-corrected chi connectivity index (χ3v) is 3.45.